The highest BCUT2D eigenvalue weighted by Gasteiger charge is 2.42. The van der Waals surface area contributed by atoms with E-state index in [1.54, 1.807) is 0 Å². The van der Waals surface area contributed by atoms with Crippen LogP contribution < -0.4 is 0 Å². The van der Waals surface area contributed by atoms with Gasteiger partial charge in [-0.2, -0.15) is 13.2 Å². The Morgan fingerprint density at radius 1 is 1.00 bits per heavy atom. The summed E-state index contributed by atoms with van der Waals surface area (Å²) in [5, 5.41) is 9.63. The molecule has 0 radical (unpaired) electrons. The fourth-order valence-corrected chi connectivity index (χ4v) is 1.99. The van der Waals surface area contributed by atoms with Crippen LogP contribution in [0.4, 0.5) is 30.7 Å². The summed E-state index contributed by atoms with van der Waals surface area (Å²) in [4.78, 5) is 0. The molecule has 2 unspecified atom stereocenters. The average molecular weight is 334 g/mol. The Bertz CT molecular complexity index is 542. The summed E-state index contributed by atoms with van der Waals surface area (Å²) in [6, 6.07) is 0. The van der Waals surface area contributed by atoms with E-state index in [1.165, 1.54) is 6.92 Å². The van der Waals surface area contributed by atoms with Crippen molar-refractivity contribution in [3.05, 3.63) is 34.4 Å². The Hall–Kier alpha value is -1.35. The SMILES string of the molecule is CCc1c(F)c(F)c(F)c(C(O)CC(OC)C(F)(F)F)c1F. The zero-order chi connectivity index (χ0) is 17.2. The Kier molecular flexibility index (Phi) is 5.80. The zero-order valence-electron chi connectivity index (χ0n) is 11.6. The number of hydrogen-bond donors (Lipinski definition) is 1. The molecule has 0 saturated heterocycles. The number of hydrogen-bond acceptors (Lipinski definition) is 2. The minimum Gasteiger partial charge on any atom is -0.388 e. The van der Waals surface area contributed by atoms with E-state index in [2.05, 4.69) is 4.74 Å². The number of halogens is 7. The van der Waals surface area contributed by atoms with Crippen molar-refractivity contribution in [2.24, 2.45) is 0 Å². The van der Waals surface area contributed by atoms with Gasteiger partial charge in [0.25, 0.3) is 0 Å². The molecule has 0 spiro atoms. The van der Waals surface area contributed by atoms with Crippen LogP contribution in [0.15, 0.2) is 0 Å². The van der Waals surface area contributed by atoms with E-state index in [9.17, 15) is 35.8 Å². The third-order valence-electron chi connectivity index (χ3n) is 3.16. The van der Waals surface area contributed by atoms with Crippen molar-refractivity contribution in [3.63, 3.8) is 0 Å². The summed E-state index contributed by atoms with van der Waals surface area (Å²) >= 11 is 0. The lowest BCUT2D eigenvalue weighted by atomic mass is 9.97. The van der Waals surface area contributed by atoms with E-state index in [4.69, 9.17) is 0 Å². The summed E-state index contributed by atoms with van der Waals surface area (Å²) in [5.41, 5.74) is -2.20. The lowest BCUT2D eigenvalue weighted by Gasteiger charge is -2.23. The molecule has 126 valence electrons. The second-order valence-corrected chi connectivity index (χ2v) is 4.52. The second kappa shape index (κ2) is 6.82. The predicted octanol–water partition coefficient (Wildman–Crippen LogP) is 3.81. The van der Waals surface area contributed by atoms with Crippen molar-refractivity contribution in [1.29, 1.82) is 0 Å². The quantitative estimate of drug-likeness (QED) is 0.504. The highest BCUT2D eigenvalue weighted by atomic mass is 19.4. The third-order valence-corrected chi connectivity index (χ3v) is 3.16. The molecule has 2 atom stereocenters. The summed E-state index contributed by atoms with van der Waals surface area (Å²) in [6.07, 6.45) is -11.4. The van der Waals surface area contributed by atoms with Crippen molar-refractivity contribution in [2.75, 3.05) is 7.11 Å². The first-order valence-electron chi connectivity index (χ1n) is 6.18. The van der Waals surface area contributed by atoms with Crippen molar-refractivity contribution in [3.8, 4) is 0 Å². The molecule has 0 aromatic heterocycles. The van der Waals surface area contributed by atoms with Crippen LogP contribution in [0.25, 0.3) is 0 Å². The Balaban J connectivity index is 3.29. The number of methoxy groups -OCH3 is 1. The van der Waals surface area contributed by atoms with Crippen molar-refractivity contribution >= 4 is 0 Å². The third kappa shape index (κ3) is 3.52. The first-order valence-corrected chi connectivity index (χ1v) is 6.18. The van der Waals surface area contributed by atoms with Crippen molar-refractivity contribution in [1.82, 2.24) is 0 Å². The van der Waals surface area contributed by atoms with Crippen LogP contribution in [-0.2, 0) is 11.2 Å². The van der Waals surface area contributed by atoms with Crippen molar-refractivity contribution in [2.45, 2.75) is 38.1 Å². The Morgan fingerprint density at radius 2 is 1.55 bits per heavy atom. The average Bonchev–Trinajstić information content (AvgIpc) is 2.42. The van der Waals surface area contributed by atoms with Gasteiger partial charge >= 0.3 is 6.18 Å². The van der Waals surface area contributed by atoms with E-state index in [0.717, 1.165) is 0 Å². The largest absolute Gasteiger partial charge is 0.414 e. The van der Waals surface area contributed by atoms with Gasteiger partial charge in [0.05, 0.1) is 11.7 Å². The van der Waals surface area contributed by atoms with Gasteiger partial charge in [-0.25, -0.2) is 17.6 Å². The van der Waals surface area contributed by atoms with E-state index < -0.39 is 59.2 Å². The maximum absolute atomic E-state index is 13.9. The molecular weight excluding hydrogens is 321 g/mol. The molecule has 0 aliphatic heterocycles. The zero-order valence-corrected chi connectivity index (χ0v) is 11.6. The van der Waals surface area contributed by atoms with Gasteiger partial charge in [0.1, 0.15) is 5.82 Å². The van der Waals surface area contributed by atoms with Gasteiger partial charge in [-0.3, -0.25) is 0 Å². The van der Waals surface area contributed by atoms with E-state index >= 15 is 0 Å². The lowest BCUT2D eigenvalue weighted by molar-refractivity contribution is -0.220. The molecule has 22 heavy (non-hydrogen) atoms. The minimum absolute atomic E-state index is 0.373. The van der Waals surface area contributed by atoms with Crippen LogP contribution in [0.3, 0.4) is 0 Å². The maximum Gasteiger partial charge on any atom is 0.414 e. The molecule has 9 heteroatoms. The lowest BCUT2D eigenvalue weighted by Crippen LogP contribution is -2.32. The van der Waals surface area contributed by atoms with Gasteiger partial charge in [-0.05, 0) is 6.42 Å². The highest BCUT2D eigenvalue weighted by Crippen LogP contribution is 2.34. The summed E-state index contributed by atoms with van der Waals surface area (Å²) in [6.45, 7) is 1.24. The van der Waals surface area contributed by atoms with Crippen molar-refractivity contribution < 1.29 is 40.6 Å². The molecule has 1 aromatic carbocycles. The number of rotatable bonds is 5. The summed E-state index contributed by atoms with van der Waals surface area (Å²) in [7, 11) is 0.695. The van der Waals surface area contributed by atoms with Crippen LogP contribution >= 0.6 is 0 Å². The molecule has 1 rings (SSSR count). The fourth-order valence-electron chi connectivity index (χ4n) is 1.99. The van der Waals surface area contributed by atoms with Crippen LogP contribution in [0.2, 0.25) is 0 Å². The Morgan fingerprint density at radius 3 is 1.95 bits per heavy atom. The van der Waals surface area contributed by atoms with Crippen LogP contribution in [-0.4, -0.2) is 24.5 Å². The molecule has 0 fully saturated rings. The molecule has 2 nitrogen and oxygen atoms in total. The maximum atomic E-state index is 13.9. The first kappa shape index (κ1) is 18.7. The van der Waals surface area contributed by atoms with Gasteiger partial charge in [-0.1, -0.05) is 6.92 Å². The van der Waals surface area contributed by atoms with Crippen LogP contribution in [0, 0.1) is 23.3 Å². The number of alkyl halides is 3. The van der Waals surface area contributed by atoms with Gasteiger partial charge in [0.2, 0.25) is 0 Å². The molecule has 1 N–H and O–H groups in total. The highest BCUT2D eigenvalue weighted by molar-refractivity contribution is 5.32. The predicted molar refractivity (Wildman–Crippen MR) is 62.1 cm³/mol. The standard InChI is InChI=1S/C13H13F7O2/c1-3-5-9(14)8(11(16)12(17)10(5)15)6(21)4-7(22-2)13(18,19)20/h6-7,21H,3-4H2,1-2H3. The molecule has 0 aliphatic rings. The van der Waals surface area contributed by atoms with Crippen LogP contribution in [0.1, 0.15) is 30.6 Å². The topological polar surface area (TPSA) is 29.5 Å². The molecule has 0 amide bonds. The Labute approximate surface area is 121 Å². The minimum atomic E-state index is -4.89. The number of ether oxygens (including phenoxy) is 1. The molecular formula is C13H13F7O2. The van der Waals surface area contributed by atoms with E-state index in [1.807, 2.05) is 0 Å². The van der Waals surface area contributed by atoms with Gasteiger partial charge in [-0.15, -0.1) is 0 Å². The molecule has 0 aliphatic carbocycles. The second-order valence-electron chi connectivity index (χ2n) is 4.52. The monoisotopic (exact) mass is 334 g/mol. The molecule has 0 heterocycles. The number of aliphatic hydroxyl groups excluding tert-OH is 1. The number of benzene rings is 1. The first-order chi connectivity index (χ1) is 10.1. The summed E-state index contributed by atoms with van der Waals surface area (Å²) < 4.78 is 95.9. The van der Waals surface area contributed by atoms with Gasteiger partial charge < -0.3 is 9.84 Å². The smallest absolute Gasteiger partial charge is 0.388 e. The van der Waals surface area contributed by atoms with Gasteiger partial charge in [0, 0.05) is 19.1 Å². The molecule has 1 aromatic rings. The van der Waals surface area contributed by atoms with Crippen LogP contribution in [0.5, 0.6) is 0 Å². The number of aliphatic hydroxyl groups is 1. The summed E-state index contributed by atoms with van der Waals surface area (Å²) in [5.74, 6) is -7.49. The fraction of sp³-hybridized carbons (Fsp3) is 0.538. The normalized spacial score (nSPS) is 15.0. The molecule has 0 bridgehead atoms. The van der Waals surface area contributed by atoms with Gasteiger partial charge in [0.15, 0.2) is 23.6 Å². The van der Waals surface area contributed by atoms with E-state index in [-0.39, 0.29) is 6.42 Å². The molecule has 0 saturated carbocycles. The van der Waals surface area contributed by atoms with E-state index in [0.29, 0.717) is 7.11 Å².